The molecule has 3 aromatic rings. The lowest BCUT2D eigenvalue weighted by molar-refractivity contribution is -0.138. The van der Waals surface area contributed by atoms with Crippen molar-refractivity contribution in [1.29, 1.82) is 0 Å². The van der Waals surface area contributed by atoms with Gasteiger partial charge >= 0.3 is 6.18 Å². The second kappa shape index (κ2) is 8.74. The molecule has 0 fully saturated rings. The lowest BCUT2D eigenvalue weighted by atomic mass is 10.0. The predicted molar refractivity (Wildman–Crippen MR) is 123 cm³/mol. The van der Waals surface area contributed by atoms with E-state index in [0.717, 1.165) is 11.6 Å². The maximum Gasteiger partial charge on any atom is 0.416 e. The number of nitrogens with one attached hydrogen (secondary N) is 1. The van der Waals surface area contributed by atoms with Gasteiger partial charge in [-0.2, -0.15) is 13.2 Å². The van der Waals surface area contributed by atoms with Gasteiger partial charge in [-0.3, -0.25) is 9.00 Å². The molecule has 0 bridgehead atoms. The van der Waals surface area contributed by atoms with E-state index in [-0.39, 0.29) is 23.2 Å². The molecule has 10 heteroatoms. The van der Waals surface area contributed by atoms with Gasteiger partial charge in [0.15, 0.2) is 0 Å². The molecule has 0 amide bonds. The summed E-state index contributed by atoms with van der Waals surface area (Å²) in [7, 11) is 0.770. The molecule has 0 aliphatic carbocycles. The molecule has 33 heavy (non-hydrogen) atoms. The van der Waals surface area contributed by atoms with Crippen molar-refractivity contribution in [3.63, 3.8) is 0 Å². The lowest BCUT2D eigenvalue weighted by Gasteiger charge is -2.18. The number of allylic oxidation sites excluding steroid dienone is 1. The summed E-state index contributed by atoms with van der Waals surface area (Å²) < 4.78 is 53.1. The van der Waals surface area contributed by atoms with Crippen molar-refractivity contribution in [2.75, 3.05) is 16.8 Å². The van der Waals surface area contributed by atoms with Crippen LogP contribution in [-0.2, 0) is 30.6 Å². The van der Waals surface area contributed by atoms with Crippen molar-refractivity contribution in [3.8, 4) is 0 Å². The summed E-state index contributed by atoms with van der Waals surface area (Å²) in [6, 6.07) is 5.89. The second-order valence-electron chi connectivity index (χ2n) is 8.01. The Morgan fingerprint density at radius 2 is 1.97 bits per heavy atom. The van der Waals surface area contributed by atoms with Gasteiger partial charge in [0.1, 0.15) is 17.2 Å². The molecule has 6 nitrogen and oxygen atoms in total. The fraction of sp³-hybridized carbons (Fsp3) is 0.348. The van der Waals surface area contributed by atoms with E-state index in [2.05, 4.69) is 15.3 Å². The van der Waals surface area contributed by atoms with Gasteiger partial charge in [0.2, 0.25) is 0 Å². The van der Waals surface area contributed by atoms with Gasteiger partial charge in [0, 0.05) is 41.6 Å². The molecule has 1 N–H and O–H groups in total. The van der Waals surface area contributed by atoms with Crippen LogP contribution < -0.4 is 10.9 Å². The highest BCUT2D eigenvalue weighted by atomic mass is 32.2. The summed E-state index contributed by atoms with van der Waals surface area (Å²) >= 11 is 0. The van der Waals surface area contributed by atoms with Crippen molar-refractivity contribution < 1.29 is 17.4 Å². The first kappa shape index (κ1) is 23.2. The van der Waals surface area contributed by atoms with Crippen LogP contribution in [0.3, 0.4) is 0 Å². The minimum absolute atomic E-state index is 0.105. The molecule has 1 aliphatic heterocycles. The van der Waals surface area contributed by atoms with E-state index in [1.54, 1.807) is 20.0 Å². The Morgan fingerprint density at radius 3 is 2.64 bits per heavy atom. The van der Waals surface area contributed by atoms with Crippen molar-refractivity contribution in [3.05, 3.63) is 68.9 Å². The molecule has 0 spiro atoms. The molecule has 0 saturated heterocycles. The van der Waals surface area contributed by atoms with Gasteiger partial charge in [-0.25, -0.2) is 9.97 Å². The summed E-state index contributed by atoms with van der Waals surface area (Å²) in [4.78, 5) is 21.8. The predicted octanol–water partition coefficient (Wildman–Crippen LogP) is 4.11. The number of hydrogen-bond donors (Lipinski definition) is 1. The number of aromatic nitrogens is 3. The number of hydrogen-bond acceptors (Lipinski definition) is 5. The third-order valence-electron chi connectivity index (χ3n) is 5.85. The van der Waals surface area contributed by atoms with E-state index >= 15 is 0 Å². The zero-order valence-electron chi connectivity index (χ0n) is 18.4. The molecule has 174 valence electrons. The summed E-state index contributed by atoms with van der Waals surface area (Å²) in [5, 5.41) is 3.61. The first-order valence-electron chi connectivity index (χ1n) is 10.4. The number of nitrogens with zero attached hydrogens (tertiary/aromatic N) is 3. The van der Waals surface area contributed by atoms with Gasteiger partial charge in [0.25, 0.3) is 5.56 Å². The summed E-state index contributed by atoms with van der Waals surface area (Å²) in [6.45, 7) is 3.20. The minimum atomic E-state index is -4.43. The number of halogens is 3. The zero-order chi connectivity index (χ0) is 23.9. The molecular weight excluding hydrogens is 453 g/mol. The highest BCUT2D eigenvalue weighted by Gasteiger charge is 2.32. The number of aryl methyl sites for hydroxylation is 1. The summed E-state index contributed by atoms with van der Waals surface area (Å²) in [5.41, 5.74) is 1.51. The minimum Gasteiger partial charge on any atom is -0.365 e. The van der Waals surface area contributed by atoms with Gasteiger partial charge in [-0.1, -0.05) is 18.2 Å². The average Bonchev–Trinajstić information content (AvgIpc) is 2.75. The Labute approximate surface area is 191 Å². The van der Waals surface area contributed by atoms with Gasteiger partial charge in [-0.05, 0) is 49.1 Å². The fourth-order valence-electron chi connectivity index (χ4n) is 4.02. The summed E-state index contributed by atoms with van der Waals surface area (Å²) in [5.74, 6) is 1.73. The van der Waals surface area contributed by atoms with Crippen LogP contribution in [0.2, 0.25) is 0 Å². The number of pyridine rings is 1. The third kappa shape index (κ3) is 4.57. The van der Waals surface area contributed by atoms with Crippen LogP contribution in [-0.4, -0.2) is 30.2 Å². The number of rotatable bonds is 4. The number of anilines is 1. The molecule has 1 atom stereocenters. The fourth-order valence-corrected chi connectivity index (χ4v) is 5.02. The van der Waals surface area contributed by atoms with Gasteiger partial charge < -0.3 is 9.88 Å². The van der Waals surface area contributed by atoms with Crippen LogP contribution in [0, 0.1) is 13.8 Å². The highest BCUT2D eigenvalue weighted by molar-refractivity contribution is 7.85. The SMILES string of the molecule is Cc1nc(NCc2cccc(C(F)(F)F)c2C)c2cc(C3=CCS(=O)CC3)n(C)c(=O)c2n1. The van der Waals surface area contributed by atoms with Gasteiger partial charge in [-0.15, -0.1) is 0 Å². The zero-order valence-corrected chi connectivity index (χ0v) is 19.2. The molecule has 1 unspecified atom stereocenters. The Bertz CT molecular complexity index is 1360. The van der Waals surface area contributed by atoms with E-state index in [0.29, 0.717) is 46.2 Å². The maximum atomic E-state index is 13.3. The smallest absolute Gasteiger partial charge is 0.365 e. The molecule has 2 aromatic heterocycles. The molecule has 1 aliphatic rings. The van der Waals surface area contributed by atoms with E-state index in [1.807, 2.05) is 12.1 Å². The van der Waals surface area contributed by atoms with E-state index in [9.17, 15) is 22.2 Å². The quantitative estimate of drug-likeness (QED) is 0.613. The van der Waals surface area contributed by atoms with E-state index in [1.165, 1.54) is 17.6 Å². The average molecular weight is 477 g/mol. The molecular formula is C23H23F3N4O2S. The molecule has 1 aromatic carbocycles. The lowest BCUT2D eigenvalue weighted by Crippen LogP contribution is -2.23. The van der Waals surface area contributed by atoms with Crippen molar-refractivity contribution in [2.24, 2.45) is 7.05 Å². The maximum absolute atomic E-state index is 13.3. The molecule has 3 heterocycles. The normalized spacial score (nSPS) is 16.7. The van der Waals surface area contributed by atoms with E-state index in [4.69, 9.17) is 0 Å². The molecule has 0 saturated carbocycles. The Balaban J connectivity index is 1.77. The van der Waals surface area contributed by atoms with Crippen molar-refractivity contribution in [2.45, 2.75) is 33.0 Å². The highest BCUT2D eigenvalue weighted by Crippen LogP contribution is 2.33. The Kier molecular flexibility index (Phi) is 6.13. The Morgan fingerprint density at radius 1 is 1.21 bits per heavy atom. The molecule has 4 rings (SSSR count). The third-order valence-corrected chi connectivity index (χ3v) is 7.05. The monoisotopic (exact) mass is 476 g/mol. The number of alkyl halides is 3. The van der Waals surface area contributed by atoms with Crippen LogP contribution in [0.1, 0.15) is 34.6 Å². The number of benzene rings is 1. The van der Waals surface area contributed by atoms with E-state index < -0.39 is 22.5 Å². The number of fused-ring (bicyclic) bond motifs is 1. The van der Waals surface area contributed by atoms with Crippen LogP contribution in [0.4, 0.5) is 19.0 Å². The largest absolute Gasteiger partial charge is 0.416 e. The van der Waals surface area contributed by atoms with Crippen LogP contribution in [0.15, 0.2) is 35.1 Å². The standard InChI is InChI=1S/C23H23F3N4O2S/c1-13-16(5-4-6-18(13)23(24,25)26)12-27-21-17-11-19(15-7-9-33(32)10-8-15)30(3)22(31)20(17)28-14(2)29-21/h4-7,11H,8-10,12H2,1-3H3,(H,27,28,29). The van der Waals surface area contributed by atoms with Crippen LogP contribution in [0.25, 0.3) is 16.5 Å². The van der Waals surface area contributed by atoms with Gasteiger partial charge in [0.05, 0.1) is 10.9 Å². The van der Waals surface area contributed by atoms with Crippen LogP contribution >= 0.6 is 0 Å². The first-order valence-corrected chi connectivity index (χ1v) is 11.9. The molecule has 0 radical (unpaired) electrons. The first-order chi connectivity index (χ1) is 15.6. The summed E-state index contributed by atoms with van der Waals surface area (Å²) in [6.07, 6.45) is -1.96. The Hall–Kier alpha value is -3.01. The second-order valence-corrected chi connectivity index (χ2v) is 9.63. The van der Waals surface area contributed by atoms with Crippen molar-refractivity contribution in [1.82, 2.24) is 14.5 Å². The van der Waals surface area contributed by atoms with Crippen molar-refractivity contribution >= 4 is 33.1 Å². The van der Waals surface area contributed by atoms with Crippen LogP contribution in [0.5, 0.6) is 0 Å². The topological polar surface area (TPSA) is 76.9 Å².